The summed E-state index contributed by atoms with van der Waals surface area (Å²) in [6.07, 6.45) is -0.656. The molecule has 146 valence electrons. The van der Waals surface area contributed by atoms with Gasteiger partial charge in [0.15, 0.2) is 6.10 Å². The Morgan fingerprint density at radius 2 is 1.68 bits per heavy atom. The molecule has 0 saturated heterocycles. The third kappa shape index (κ3) is 4.97. The monoisotopic (exact) mass is 380 g/mol. The fourth-order valence-corrected chi connectivity index (χ4v) is 2.44. The molecule has 3 rings (SSSR count). The van der Waals surface area contributed by atoms with Crippen molar-refractivity contribution >= 4 is 5.97 Å². The molecule has 0 N–H and O–H groups in total. The van der Waals surface area contributed by atoms with Crippen LogP contribution < -0.4 is 4.74 Å². The Morgan fingerprint density at radius 3 is 2.32 bits per heavy atom. The first-order valence-electron chi connectivity index (χ1n) is 9.26. The molecule has 0 fully saturated rings. The molecular formula is C22H24N2O4. The van der Waals surface area contributed by atoms with Gasteiger partial charge in [0.1, 0.15) is 5.75 Å². The molecule has 1 atom stereocenters. The summed E-state index contributed by atoms with van der Waals surface area (Å²) in [5, 5.41) is 8.04. The summed E-state index contributed by atoms with van der Waals surface area (Å²) >= 11 is 0. The van der Waals surface area contributed by atoms with Crippen molar-refractivity contribution in [2.24, 2.45) is 5.92 Å². The summed E-state index contributed by atoms with van der Waals surface area (Å²) in [6.45, 7) is 8.49. The highest BCUT2D eigenvalue weighted by Crippen LogP contribution is 2.24. The van der Waals surface area contributed by atoms with E-state index in [1.165, 1.54) is 0 Å². The van der Waals surface area contributed by atoms with Gasteiger partial charge in [-0.05, 0) is 56.2 Å². The van der Waals surface area contributed by atoms with Crippen molar-refractivity contribution in [3.05, 3.63) is 65.5 Å². The van der Waals surface area contributed by atoms with Crippen LogP contribution in [0, 0.1) is 12.8 Å². The van der Waals surface area contributed by atoms with E-state index in [0.717, 1.165) is 16.9 Å². The van der Waals surface area contributed by atoms with Crippen molar-refractivity contribution in [2.45, 2.75) is 33.8 Å². The minimum absolute atomic E-state index is 0.251. The van der Waals surface area contributed by atoms with Gasteiger partial charge in [0.05, 0.1) is 12.2 Å². The van der Waals surface area contributed by atoms with Crippen molar-refractivity contribution in [1.82, 2.24) is 10.2 Å². The molecule has 0 aliphatic carbocycles. The normalized spacial score (nSPS) is 12.0. The van der Waals surface area contributed by atoms with Gasteiger partial charge >= 0.3 is 5.97 Å². The van der Waals surface area contributed by atoms with E-state index in [1.807, 2.05) is 31.2 Å². The summed E-state index contributed by atoms with van der Waals surface area (Å²) in [4.78, 5) is 12.4. The van der Waals surface area contributed by atoms with Crippen LogP contribution in [0.25, 0.3) is 11.5 Å². The van der Waals surface area contributed by atoms with Gasteiger partial charge in [0.25, 0.3) is 5.89 Å². The Balaban J connectivity index is 1.62. The Morgan fingerprint density at radius 1 is 1.00 bits per heavy atom. The minimum Gasteiger partial charge on any atom is -0.493 e. The molecular weight excluding hydrogens is 356 g/mol. The number of carbonyl (C=O) groups is 1. The smallest absolute Gasteiger partial charge is 0.338 e. The number of esters is 1. The molecule has 0 saturated carbocycles. The molecule has 0 aliphatic heterocycles. The molecule has 6 heteroatoms. The van der Waals surface area contributed by atoms with E-state index in [9.17, 15) is 4.79 Å². The summed E-state index contributed by atoms with van der Waals surface area (Å²) < 4.78 is 16.7. The van der Waals surface area contributed by atoms with E-state index in [0.29, 0.717) is 24.0 Å². The molecule has 0 bridgehead atoms. The van der Waals surface area contributed by atoms with E-state index in [-0.39, 0.29) is 5.89 Å². The highest BCUT2D eigenvalue weighted by molar-refractivity contribution is 5.89. The second-order valence-electron chi connectivity index (χ2n) is 7.09. The van der Waals surface area contributed by atoms with Crippen molar-refractivity contribution < 1.29 is 18.7 Å². The van der Waals surface area contributed by atoms with Crippen LogP contribution in [-0.2, 0) is 4.74 Å². The van der Waals surface area contributed by atoms with Gasteiger partial charge in [-0.15, -0.1) is 10.2 Å². The van der Waals surface area contributed by atoms with Crippen molar-refractivity contribution in [2.75, 3.05) is 6.61 Å². The molecule has 0 spiro atoms. The maximum absolute atomic E-state index is 12.4. The molecule has 28 heavy (non-hydrogen) atoms. The van der Waals surface area contributed by atoms with Crippen LogP contribution in [-0.4, -0.2) is 22.8 Å². The zero-order valence-corrected chi connectivity index (χ0v) is 16.5. The highest BCUT2D eigenvalue weighted by atomic mass is 16.6. The third-order valence-corrected chi connectivity index (χ3v) is 4.04. The first kappa shape index (κ1) is 19.6. The lowest BCUT2D eigenvalue weighted by atomic mass is 10.1. The van der Waals surface area contributed by atoms with E-state index in [2.05, 4.69) is 24.0 Å². The summed E-state index contributed by atoms with van der Waals surface area (Å²) in [6, 6.07) is 14.6. The van der Waals surface area contributed by atoms with Crippen LogP contribution >= 0.6 is 0 Å². The second kappa shape index (κ2) is 8.69. The number of rotatable bonds is 7. The number of carbonyl (C=O) groups excluding carboxylic acids is 1. The highest BCUT2D eigenvalue weighted by Gasteiger charge is 2.20. The van der Waals surface area contributed by atoms with Gasteiger partial charge in [0.2, 0.25) is 5.89 Å². The molecule has 1 heterocycles. The largest absolute Gasteiger partial charge is 0.493 e. The number of aryl methyl sites for hydroxylation is 1. The van der Waals surface area contributed by atoms with Crippen LogP contribution in [0.15, 0.2) is 52.9 Å². The SMILES string of the molecule is Cc1ccc(-c2nnc([C@@H](C)OC(=O)c3ccc(OCC(C)C)cc3)o2)cc1. The van der Waals surface area contributed by atoms with Gasteiger partial charge in [-0.2, -0.15) is 0 Å². The second-order valence-corrected chi connectivity index (χ2v) is 7.09. The zero-order valence-electron chi connectivity index (χ0n) is 16.5. The van der Waals surface area contributed by atoms with Gasteiger partial charge in [-0.25, -0.2) is 4.79 Å². The van der Waals surface area contributed by atoms with Gasteiger partial charge in [0, 0.05) is 5.56 Å². The number of aromatic nitrogens is 2. The Hall–Kier alpha value is -3.15. The van der Waals surface area contributed by atoms with Crippen LogP contribution in [0.1, 0.15) is 48.7 Å². The Bertz CT molecular complexity index is 914. The van der Waals surface area contributed by atoms with E-state index in [4.69, 9.17) is 13.9 Å². The van der Waals surface area contributed by atoms with Crippen LogP contribution in [0.4, 0.5) is 0 Å². The first-order valence-corrected chi connectivity index (χ1v) is 9.26. The number of hydrogen-bond donors (Lipinski definition) is 0. The predicted molar refractivity (Wildman–Crippen MR) is 105 cm³/mol. The molecule has 0 unspecified atom stereocenters. The fourth-order valence-electron chi connectivity index (χ4n) is 2.44. The fraction of sp³-hybridized carbons (Fsp3) is 0.318. The molecule has 2 aromatic carbocycles. The number of benzene rings is 2. The average molecular weight is 380 g/mol. The van der Waals surface area contributed by atoms with E-state index < -0.39 is 12.1 Å². The van der Waals surface area contributed by atoms with Crippen molar-refractivity contribution in [1.29, 1.82) is 0 Å². The molecule has 3 aromatic rings. The Kier molecular flexibility index (Phi) is 6.09. The van der Waals surface area contributed by atoms with E-state index in [1.54, 1.807) is 31.2 Å². The Labute approximate surface area is 164 Å². The molecule has 0 aliphatic rings. The molecule has 1 aromatic heterocycles. The molecule has 0 radical (unpaired) electrons. The van der Waals surface area contributed by atoms with Gasteiger partial charge < -0.3 is 13.9 Å². The first-order chi connectivity index (χ1) is 13.4. The quantitative estimate of drug-likeness (QED) is 0.537. The average Bonchev–Trinajstić information content (AvgIpc) is 3.17. The summed E-state index contributed by atoms with van der Waals surface area (Å²) in [5.74, 6) is 1.34. The van der Waals surface area contributed by atoms with Gasteiger partial charge in [-0.1, -0.05) is 31.5 Å². The minimum atomic E-state index is -0.656. The topological polar surface area (TPSA) is 74.5 Å². The van der Waals surface area contributed by atoms with Crippen molar-refractivity contribution in [3.8, 4) is 17.2 Å². The van der Waals surface area contributed by atoms with Crippen LogP contribution in [0.2, 0.25) is 0 Å². The standard InChI is InChI=1S/C22H24N2O4/c1-14(2)13-26-19-11-9-18(10-12-19)22(25)27-16(4)20-23-24-21(28-20)17-7-5-15(3)6-8-17/h5-12,14,16H,13H2,1-4H3/t16-/m1/s1. The predicted octanol–water partition coefficient (Wildman–Crippen LogP) is 5.00. The lowest BCUT2D eigenvalue weighted by Crippen LogP contribution is -2.10. The molecule has 6 nitrogen and oxygen atoms in total. The summed E-state index contributed by atoms with van der Waals surface area (Å²) in [5.41, 5.74) is 2.40. The van der Waals surface area contributed by atoms with E-state index >= 15 is 0 Å². The third-order valence-electron chi connectivity index (χ3n) is 4.04. The van der Waals surface area contributed by atoms with Crippen molar-refractivity contribution in [3.63, 3.8) is 0 Å². The summed E-state index contributed by atoms with van der Waals surface area (Å²) in [7, 11) is 0. The lowest BCUT2D eigenvalue weighted by Gasteiger charge is -2.11. The number of hydrogen-bond acceptors (Lipinski definition) is 6. The van der Waals surface area contributed by atoms with Crippen LogP contribution in [0.3, 0.4) is 0 Å². The maximum atomic E-state index is 12.4. The van der Waals surface area contributed by atoms with Gasteiger partial charge in [-0.3, -0.25) is 0 Å². The van der Waals surface area contributed by atoms with Crippen LogP contribution in [0.5, 0.6) is 5.75 Å². The zero-order chi connectivity index (χ0) is 20.1. The lowest BCUT2D eigenvalue weighted by molar-refractivity contribution is 0.0280. The maximum Gasteiger partial charge on any atom is 0.338 e. The number of nitrogens with zero attached hydrogens (tertiary/aromatic N) is 2. The number of ether oxygens (including phenoxy) is 2. The molecule has 0 amide bonds.